The Kier molecular flexibility index (Phi) is 6.97. The Bertz CT molecular complexity index is 804. The largest absolute Gasteiger partial charge is 0.493 e. The summed E-state index contributed by atoms with van der Waals surface area (Å²) in [5, 5.41) is 4.31. The Morgan fingerprint density at radius 3 is 2.46 bits per heavy atom. The fraction of sp³-hybridized carbons (Fsp3) is 0.217. The summed E-state index contributed by atoms with van der Waals surface area (Å²) in [7, 11) is 0. The summed E-state index contributed by atoms with van der Waals surface area (Å²) >= 11 is 6.20. The van der Waals surface area contributed by atoms with Crippen molar-refractivity contribution in [2.24, 2.45) is 0 Å². The zero-order valence-electron chi connectivity index (χ0n) is 14.8. The molecule has 3 aromatic carbocycles. The van der Waals surface area contributed by atoms with E-state index in [2.05, 4.69) is 47.8 Å². The molecule has 0 aliphatic rings. The van der Waals surface area contributed by atoms with Gasteiger partial charge in [-0.1, -0.05) is 66.2 Å². The molecule has 0 radical (unpaired) electrons. The normalized spacial score (nSPS) is 10.5. The number of aryl methyl sites for hydroxylation is 1. The molecule has 0 aliphatic heterocycles. The van der Waals surface area contributed by atoms with Gasteiger partial charge in [0, 0.05) is 29.7 Å². The number of benzene rings is 3. The summed E-state index contributed by atoms with van der Waals surface area (Å²) in [6.07, 6.45) is 2.92. The van der Waals surface area contributed by atoms with Gasteiger partial charge in [-0.2, -0.15) is 0 Å². The fourth-order valence-corrected chi connectivity index (χ4v) is 3.07. The van der Waals surface area contributed by atoms with Crippen LogP contribution in [0.1, 0.15) is 17.5 Å². The maximum absolute atomic E-state index is 6.20. The second kappa shape index (κ2) is 9.88. The third-order valence-corrected chi connectivity index (χ3v) is 4.61. The monoisotopic (exact) mass is 365 g/mol. The lowest BCUT2D eigenvalue weighted by atomic mass is 10.1. The van der Waals surface area contributed by atoms with Crippen LogP contribution >= 0.6 is 11.6 Å². The average Bonchev–Trinajstić information content (AvgIpc) is 2.68. The van der Waals surface area contributed by atoms with Crippen LogP contribution in [0.4, 0.5) is 5.69 Å². The second-order valence-corrected chi connectivity index (χ2v) is 6.64. The molecule has 3 aromatic rings. The molecule has 134 valence electrons. The smallest absolute Gasteiger partial charge is 0.121 e. The van der Waals surface area contributed by atoms with E-state index in [1.165, 1.54) is 11.1 Å². The van der Waals surface area contributed by atoms with E-state index in [0.717, 1.165) is 42.3 Å². The molecule has 0 bridgehead atoms. The Labute approximate surface area is 160 Å². The van der Waals surface area contributed by atoms with Crippen LogP contribution in [0.3, 0.4) is 0 Å². The lowest BCUT2D eigenvalue weighted by Gasteiger charge is -2.10. The zero-order valence-corrected chi connectivity index (χ0v) is 15.6. The summed E-state index contributed by atoms with van der Waals surface area (Å²) in [5.74, 6) is 0.900. The molecule has 0 unspecified atom stereocenters. The quantitative estimate of drug-likeness (QED) is 0.469. The number of rotatable bonds is 9. The van der Waals surface area contributed by atoms with E-state index >= 15 is 0 Å². The summed E-state index contributed by atoms with van der Waals surface area (Å²) in [6.45, 7) is 1.58. The van der Waals surface area contributed by atoms with Crippen LogP contribution < -0.4 is 10.1 Å². The molecule has 0 spiro atoms. The molecular formula is C23H24ClNO. The highest BCUT2D eigenvalue weighted by Crippen LogP contribution is 2.19. The van der Waals surface area contributed by atoms with Crippen molar-refractivity contribution in [2.45, 2.75) is 19.3 Å². The maximum atomic E-state index is 6.20. The number of halogens is 1. The van der Waals surface area contributed by atoms with Crippen molar-refractivity contribution in [2.75, 3.05) is 18.5 Å². The molecule has 3 rings (SSSR count). The van der Waals surface area contributed by atoms with Gasteiger partial charge in [-0.25, -0.2) is 0 Å². The van der Waals surface area contributed by atoms with Gasteiger partial charge in [0.25, 0.3) is 0 Å². The second-order valence-electron chi connectivity index (χ2n) is 6.23. The van der Waals surface area contributed by atoms with Crippen molar-refractivity contribution in [3.05, 3.63) is 95.0 Å². The highest BCUT2D eigenvalue weighted by molar-refractivity contribution is 6.31. The number of nitrogens with one attached hydrogen (secondary N) is 1. The van der Waals surface area contributed by atoms with Crippen LogP contribution in [0.5, 0.6) is 5.75 Å². The molecule has 3 heteroatoms. The van der Waals surface area contributed by atoms with Gasteiger partial charge < -0.3 is 10.1 Å². The molecule has 0 aromatic heterocycles. The molecule has 0 amide bonds. The van der Waals surface area contributed by atoms with Crippen LogP contribution in [0.15, 0.2) is 78.9 Å². The maximum Gasteiger partial charge on any atom is 0.121 e. The first-order chi connectivity index (χ1) is 12.8. The van der Waals surface area contributed by atoms with Gasteiger partial charge in [0.05, 0.1) is 6.61 Å². The standard InChI is InChI=1S/C23H24ClNO/c24-23-14-5-4-10-20(23)11-7-16-25-21-12-6-13-22(18-21)26-17-15-19-8-2-1-3-9-19/h1-6,8-10,12-14,18,25H,7,11,15-17H2. The Morgan fingerprint density at radius 2 is 1.62 bits per heavy atom. The van der Waals surface area contributed by atoms with E-state index in [4.69, 9.17) is 16.3 Å². The minimum Gasteiger partial charge on any atom is -0.493 e. The third-order valence-electron chi connectivity index (χ3n) is 4.25. The van der Waals surface area contributed by atoms with Gasteiger partial charge in [-0.05, 0) is 42.2 Å². The van der Waals surface area contributed by atoms with Crippen LogP contribution in [0.2, 0.25) is 5.02 Å². The summed E-state index contributed by atoms with van der Waals surface area (Å²) in [6, 6.07) is 26.6. The van der Waals surface area contributed by atoms with Crippen molar-refractivity contribution in [1.29, 1.82) is 0 Å². The molecule has 0 saturated carbocycles. The highest BCUT2D eigenvalue weighted by atomic mass is 35.5. The van der Waals surface area contributed by atoms with E-state index in [1.807, 2.05) is 36.4 Å². The van der Waals surface area contributed by atoms with E-state index in [9.17, 15) is 0 Å². The third kappa shape index (κ3) is 5.82. The van der Waals surface area contributed by atoms with Gasteiger partial charge in [-0.3, -0.25) is 0 Å². The van der Waals surface area contributed by atoms with E-state index < -0.39 is 0 Å². The van der Waals surface area contributed by atoms with Crippen molar-refractivity contribution in [3.8, 4) is 5.75 Å². The summed E-state index contributed by atoms with van der Waals surface area (Å²) < 4.78 is 5.88. The molecule has 0 saturated heterocycles. The van der Waals surface area contributed by atoms with E-state index in [1.54, 1.807) is 0 Å². The van der Waals surface area contributed by atoms with Crippen LogP contribution in [0.25, 0.3) is 0 Å². The molecular weight excluding hydrogens is 342 g/mol. The van der Waals surface area contributed by atoms with Crippen LogP contribution in [-0.4, -0.2) is 13.2 Å². The van der Waals surface area contributed by atoms with Gasteiger partial charge >= 0.3 is 0 Å². The topological polar surface area (TPSA) is 21.3 Å². The number of hydrogen-bond donors (Lipinski definition) is 1. The van der Waals surface area contributed by atoms with Crippen molar-refractivity contribution in [3.63, 3.8) is 0 Å². The molecule has 2 nitrogen and oxygen atoms in total. The number of hydrogen-bond acceptors (Lipinski definition) is 2. The molecule has 0 aliphatic carbocycles. The first kappa shape index (κ1) is 18.3. The molecule has 26 heavy (non-hydrogen) atoms. The lowest BCUT2D eigenvalue weighted by Crippen LogP contribution is -2.04. The fourth-order valence-electron chi connectivity index (χ4n) is 2.84. The van der Waals surface area contributed by atoms with E-state index in [-0.39, 0.29) is 0 Å². The minimum absolute atomic E-state index is 0.681. The van der Waals surface area contributed by atoms with Gasteiger partial charge in [0.2, 0.25) is 0 Å². The van der Waals surface area contributed by atoms with Gasteiger partial charge in [-0.15, -0.1) is 0 Å². The van der Waals surface area contributed by atoms with Crippen LogP contribution in [-0.2, 0) is 12.8 Å². The minimum atomic E-state index is 0.681. The molecule has 0 atom stereocenters. The number of anilines is 1. The Hall–Kier alpha value is -2.45. The van der Waals surface area contributed by atoms with Crippen molar-refractivity contribution in [1.82, 2.24) is 0 Å². The highest BCUT2D eigenvalue weighted by Gasteiger charge is 2.00. The van der Waals surface area contributed by atoms with Crippen molar-refractivity contribution >= 4 is 17.3 Å². The zero-order chi connectivity index (χ0) is 18.0. The van der Waals surface area contributed by atoms with Crippen LogP contribution in [0, 0.1) is 0 Å². The first-order valence-corrected chi connectivity index (χ1v) is 9.43. The van der Waals surface area contributed by atoms with Gasteiger partial charge in [0.15, 0.2) is 0 Å². The van der Waals surface area contributed by atoms with Gasteiger partial charge in [0.1, 0.15) is 5.75 Å². The summed E-state index contributed by atoms with van der Waals surface area (Å²) in [5.41, 5.74) is 3.58. The van der Waals surface area contributed by atoms with Crippen molar-refractivity contribution < 1.29 is 4.74 Å². The molecule has 1 N–H and O–H groups in total. The molecule has 0 fully saturated rings. The average molecular weight is 366 g/mol. The predicted molar refractivity (Wildman–Crippen MR) is 110 cm³/mol. The SMILES string of the molecule is Clc1ccccc1CCCNc1cccc(OCCc2ccccc2)c1. The molecule has 0 heterocycles. The number of ether oxygens (including phenoxy) is 1. The Morgan fingerprint density at radius 1 is 0.808 bits per heavy atom. The Balaban J connectivity index is 1.41. The van der Waals surface area contributed by atoms with E-state index in [0.29, 0.717) is 6.61 Å². The first-order valence-electron chi connectivity index (χ1n) is 9.05. The summed E-state index contributed by atoms with van der Waals surface area (Å²) in [4.78, 5) is 0. The lowest BCUT2D eigenvalue weighted by molar-refractivity contribution is 0.322. The predicted octanol–water partition coefficient (Wildman–Crippen LogP) is 6.01.